The molecule has 0 amide bonds. The molecule has 8 fully saturated rings. The summed E-state index contributed by atoms with van der Waals surface area (Å²) in [6.07, 6.45) is -28.2. The van der Waals surface area contributed by atoms with Crippen LogP contribution in [0, 0.1) is 50.2 Å². The van der Waals surface area contributed by atoms with Crippen molar-refractivity contribution in [3.05, 3.63) is 11.6 Å². The number of esters is 1. The quantitative estimate of drug-likeness (QED) is 0.0535. The van der Waals surface area contributed by atoms with Crippen molar-refractivity contribution in [2.24, 2.45) is 50.2 Å². The maximum absolute atomic E-state index is 15.3. The van der Waals surface area contributed by atoms with Crippen LogP contribution in [0.15, 0.2) is 11.6 Å². The van der Waals surface area contributed by atoms with Crippen molar-refractivity contribution in [2.75, 3.05) is 33.0 Å². The average Bonchev–Trinajstić information content (AvgIpc) is 3.56. The lowest BCUT2D eigenvalue weighted by Crippen LogP contribution is -2.71. The van der Waals surface area contributed by atoms with Crippen LogP contribution in [0.1, 0.15) is 92.9 Å². The summed E-state index contributed by atoms with van der Waals surface area (Å²) in [5.74, 6) is -2.14. The number of hydrogen-bond donors (Lipinski definition) is 15. The highest BCUT2D eigenvalue weighted by molar-refractivity contribution is 5.80. The largest absolute Gasteiger partial charge is 0.432 e. The van der Waals surface area contributed by atoms with Crippen LogP contribution in [-0.2, 0) is 42.7 Å². The van der Waals surface area contributed by atoms with E-state index in [2.05, 4.69) is 33.8 Å². The van der Waals surface area contributed by atoms with Crippen LogP contribution >= 0.6 is 0 Å². The maximum atomic E-state index is 15.3. The fraction of sp³-hybridized carbons (Fsp3) is 0.942. The van der Waals surface area contributed by atoms with Gasteiger partial charge in [0, 0.05) is 5.41 Å². The second-order valence-corrected chi connectivity index (χ2v) is 25.4. The lowest BCUT2D eigenvalue weighted by atomic mass is 9.33. The molecule has 5 aliphatic carbocycles. The van der Waals surface area contributed by atoms with Gasteiger partial charge in [-0.25, -0.2) is 0 Å². The molecular weight excluding hydrogens is 1010 g/mol. The molecule has 4 heterocycles. The van der Waals surface area contributed by atoms with Gasteiger partial charge in [0.15, 0.2) is 25.0 Å². The zero-order valence-corrected chi connectivity index (χ0v) is 44.0. The summed E-state index contributed by atoms with van der Waals surface area (Å²) < 4.78 is 47.0. The zero-order valence-electron chi connectivity index (χ0n) is 44.0. The summed E-state index contributed by atoms with van der Waals surface area (Å²) in [7, 11) is 0. The zero-order chi connectivity index (χ0) is 55.6. The molecule has 0 radical (unpaired) electrons. The van der Waals surface area contributed by atoms with Crippen molar-refractivity contribution in [1.82, 2.24) is 0 Å². The van der Waals surface area contributed by atoms with Crippen LogP contribution in [0.4, 0.5) is 0 Å². The lowest BCUT2D eigenvalue weighted by Gasteiger charge is -2.72. The number of carbonyl (C=O) groups excluding carboxylic acids is 1. The SMILES string of the molecule is C[C@@H]1O[C@@H](O[C@H]2[C@H](OC(=O)[C@]34CCC(C)(C)C[C@H]3C3=CC[C@@H]5[C@@]6(C)C[C@H](O)[C@H](O[C@@H]7O[C@H](CO)[C@@H](O)[C@H](O)[C@H]7O)C(CO)(CO)[C@H]6CC[C@@]5(C)[C@]3(C)C[C@@H]4O)OC[C@H](O)[C@@H]2O)[C@H](O)[C@H](O)[C@H]1O[C@@H]1OC[C@@H](O)[C@H](O)[C@H]1O. The first kappa shape index (κ1) is 59.0. The molecule has 0 aromatic carbocycles. The van der Waals surface area contributed by atoms with Crippen LogP contribution in [0.5, 0.6) is 0 Å². The Morgan fingerprint density at radius 2 is 1.22 bits per heavy atom. The van der Waals surface area contributed by atoms with E-state index < -0.39 is 207 Å². The van der Waals surface area contributed by atoms with Crippen LogP contribution < -0.4 is 0 Å². The van der Waals surface area contributed by atoms with Gasteiger partial charge in [0.25, 0.3) is 0 Å². The Morgan fingerprint density at radius 3 is 1.88 bits per heavy atom. The smallest absolute Gasteiger partial charge is 0.317 e. The maximum Gasteiger partial charge on any atom is 0.317 e. The third-order valence-corrected chi connectivity index (χ3v) is 20.8. The van der Waals surface area contributed by atoms with Crippen LogP contribution in [-0.4, -0.2) is 245 Å². The lowest BCUT2D eigenvalue weighted by molar-refractivity contribution is -0.369. The number of carbonyl (C=O) groups is 1. The van der Waals surface area contributed by atoms with Gasteiger partial charge in [0.1, 0.15) is 78.7 Å². The molecular formula is C52H84O24. The van der Waals surface area contributed by atoms with Crippen LogP contribution in [0.2, 0.25) is 0 Å². The number of aliphatic hydroxyl groups excluding tert-OH is 15. The summed E-state index contributed by atoms with van der Waals surface area (Å²) >= 11 is 0. The molecule has 4 saturated carbocycles. The molecule has 0 aromatic rings. The third kappa shape index (κ3) is 9.17. The Bertz CT molecular complexity index is 2090. The molecule has 0 unspecified atom stereocenters. The molecule has 15 N–H and O–H groups in total. The molecule has 76 heavy (non-hydrogen) atoms. The van der Waals surface area contributed by atoms with Crippen molar-refractivity contribution < 1.29 is 119 Å². The Hall–Kier alpha value is -1.67. The molecule has 0 aromatic heterocycles. The fourth-order valence-electron chi connectivity index (χ4n) is 16.2. The minimum atomic E-state index is -1.91. The third-order valence-electron chi connectivity index (χ3n) is 20.8. The van der Waals surface area contributed by atoms with Crippen molar-refractivity contribution in [3.63, 3.8) is 0 Å². The molecule has 9 rings (SSSR count). The minimum Gasteiger partial charge on any atom is -0.432 e. The summed E-state index contributed by atoms with van der Waals surface area (Å²) in [6.45, 7) is 9.08. The highest BCUT2D eigenvalue weighted by Gasteiger charge is 2.74. The molecule has 0 spiro atoms. The summed E-state index contributed by atoms with van der Waals surface area (Å²) in [5, 5.41) is 165. The first-order valence-electron chi connectivity index (χ1n) is 27.0. The van der Waals surface area contributed by atoms with Gasteiger partial charge in [-0.3, -0.25) is 4.79 Å². The summed E-state index contributed by atoms with van der Waals surface area (Å²) in [6, 6.07) is 0. The van der Waals surface area contributed by atoms with Gasteiger partial charge in [-0.15, -0.1) is 0 Å². The van der Waals surface area contributed by atoms with Crippen molar-refractivity contribution in [2.45, 2.75) is 222 Å². The van der Waals surface area contributed by atoms with E-state index in [0.717, 1.165) is 5.57 Å². The molecule has 9 aliphatic rings. The molecule has 24 heteroatoms. The van der Waals surface area contributed by atoms with Gasteiger partial charge < -0.3 is 114 Å². The number of rotatable bonds is 11. The molecule has 4 saturated heterocycles. The first-order valence-corrected chi connectivity index (χ1v) is 27.0. The highest BCUT2D eigenvalue weighted by Crippen LogP contribution is 2.76. The Morgan fingerprint density at radius 1 is 0.618 bits per heavy atom. The molecule has 24 nitrogen and oxygen atoms in total. The molecule has 0 bridgehead atoms. The van der Waals surface area contributed by atoms with Gasteiger partial charge in [0.05, 0.1) is 57.5 Å². The van der Waals surface area contributed by atoms with Gasteiger partial charge in [-0.1, -0.05) is 46.3 Å². The number of fused-ring (bicyclic) bond motifs is 7. The summed E-state index contributed by atoms with van der Waals surface area (Å²) in [5.41, 5.74) is -4.60. The van der Waals surface area contributed by atoms with Crippen LogP contribution in [0.25, 0.3) is 0 Å². The second kappa shape index (κ2) is 21.3. The first-order chi connectivity index (χ1) is 35.6. The topological polar surface area (TPSA) is 394 Å². The van der Waals surface area contributed by atoms with E-state index >= 15 is 4.79 Å². The van der Waals surface area contributed by atoms with Crippen molar-refractivity contribution >= 4 is 5.97 Å². The van der Waals surface area contributed by atoms with E-state index in [4.69, 9.17) is 37.9 Å². The van der Waals surface area contributed by atoms with E-state index in [1.165, 1.54) is 6.92 Å². The van der Waals surface area contributed by atoms with Crippen molar-refractivity contribution in [3.8, 4) is 0 Å². The summed E-state index contributed by atoms with van der Waals surface area (Å²) in [4.78, 5) is 15.3. The molecule has 436 valence electrons. The number of hydrogen-bond acceptors (Lipinski definition) is 24. The van der Waals surface area contributed by atoms with E-state index in [1.54, 1.807) is 0 Å². The van der Waals surface area contributed by atoms with E-state index in [1.807, 2.05) is 6.92 Å². The second-order valence-electron chi connectivity index (χ2n) is 25.4. The Kier molecular flexibility index (Phi) is 16.5. The predicted octanol–water partition coefficient (Wildman–Crippen LogP) is -3.84. The van der Waals surface area contributed by atoms with Gasteiger partial charge in [0.2, 0.25) is 6.29 Å². The van der Waals surface area contributed by atoms with E-state index in [9.17, 15) is 76.6 Å². The average molecular weight is 1090 g/mol. The standard InChI is InChI=1S/C52H84O24/c1-21-39(73-42-36(65)31(60)25(57)17-69-42)35(64)38(67)43(71-21)74-40-32(61)26(58)18-70-45(40)76-46(68)52-12-11-47(2,3)13-23(52)22-7-8-28-48(4)14-24(56)41(75-44-37(66)34(63)33(62)27(16-53)72-44)51(19-54,20-55)29(48)9-10-49(28,5)50(22,6)15-30(52)59/h7,21,23-45,53-67H,8-20H2,1-6H3/t21-,23-,24-,25+,26-,27+,28+,29-,30-,31-,32-,33+,34-,35-,36+,37+,38+,39-,40+,41-,42-,43-,44-,45-,48+,49+,50+,52+/m0/s1. The van der Waals surface area contributed by atoms with Gasteiger partial charge in [-0.05, 0) is 97.7 Å². The monoisotopic (exact) mass is 1090 g/mol. The number of allylic oxidation sites excluding steroid dienone is 2. The van der Waals surface area contributed by atoms with E-state index in [0.29, 0.717) is 32.1 Å². The fourth-order valence-corrected chi connectivity index (χ4v) is 16.2. The molecule has 28 atom stereocenters. The Labute approximate surface area is 441 Å². The Balaban J connectivity index is 0.971. The number of ether oxygens (including phenoxy) is 8. The highest BCUT2D eigenvalue weighted by atomic mass is 16.8. The van der Waals surface area contributed by atoms with Crippen LogP contribution in [0.3, 0.4) is 0 Å². The normalized spacial score (nSPS) is 54.0. The minimum absolute atomic E-state index is 0.103. The molecule has 4 aliphatic heterocycles. The number of aliphatic hydroxyl groups is 15. The van der Waals surface area contributed by atoms with E-state index in [-0.39, 0.29) is 30.6 Å². The predicted molar refractivity (Wildman–Crippen MR) is 255 cm³/mol. The van der Waals surface area contributed by atoms with Gasteiger partial charge >= 0.3 is 5.97 Å². The van der Waals surface area contributed by atoms with Gasteiger partial charge in [-0.2, -0.15) is 0 Å². The van der Waals surface area contributed by atoms with Crippen molar-refractivity contribution in [1.29, 1.82) is 0 Å².